The largest absolute Gasteiger partial charge is 0.369 e. The van der Waals surface area contributed by atoms with Crippen LogP contribution in [-0.2, 0) is 11.2 Å². The van der Waals surface area contributed by atoms with Crippen molar-refractivity contribution in [3.05, 3.63) is 28.2 Å². The van der Waals surface area contributed by atoms with Crippen LogP contribution in [0.25, 0.3) is 0 Å². The first-order valence-electron chi connectivity index (χ1n) is 6.82. The molecular weight excluding hydrogens is 304 g/mol. The highest BCUT2D eigenvalue weighted by Crippen LogP contribution is 2.29. The monoisotopic (exact) mass is 326 g/mol. The molecule has 0 aromatic heterocycles. The number of nitrogens with two attached hydrogens (primary N) is 1. The zero-order valence-electron chi connectivity index (χ0n) is 11.9. The molecule has 2 rings (SSSR count). The summed E-state index contributed by atoms with van der Waals surface area (Å²) in [6.45, 7) is 8.96. The van der Waals surface area contributed by atoms with Crippen LogP contribution < -0.4 is 10.6 Å². The first-order valence-corrected chi connectivity index (χ1v) is 7.62. The summed E-state index contributed by atoms with van der Waals surface area (Å²) < 4.78 is 7.09. The number of halogens is 1. The Morgan fingerprint density at radius 2 is 2.21 bits per heavy atom. The van der Waals surface area contributed by atoms with Gasteiger partial charge in [-0.2, -0.15) is 0 Å². The molecule has 0 spiro atoms. The fourth-order valence-corrected chi connectivity index (χ4v) is 3.31. The van der Waals surface area contributed by atoms with Gasteiger partial charge in [-0.25, -0.2) is 0 Å². The van der Waals surface area contributed by atoms with E-state index in [2.05, 4.69) is 59.8 Å². The highest BCUT2D eigenvalue weighted by molar-refractivity contribution is 9.10. The third-order valence-electron chi connectivity index (χ3n) is 3.38. The van der Waals surface area contributed by atoms with Crippen LogP contribution >= 0.6 is 15.9 Å². The van der Waals surface area contributed by atoms with Crippen LogP contribution in [-0.4, -0.2) is 31.3 Å². The van der Waals surface area contributed by atoms with Gasteiger partial charge in [0.2, 0.25) is 0 Å². The number of rotatable bonds is 3. The Balaban J connectivity index is 2.19. The smallest absolute Gasteiger partial charge is 0.0805 e. The summed E-state index contributed by atoms with van der Waals surface area (Å²) >= 11 is 3.64. The van der Waals surface area contributed by atoms with E-state index in [-0.39, 0.29) is 11.7 Å². The standard InChI is InChI=1S/C15H23BrN2O/c1-11-9-18(10-15(2,3)19-11)13-5-4-12(6-7-17)14(16)8-13/h4-5,8,11H,6-7,9-10,17H2,1-3H3. The van der Waals surface area contributed by atoms with Gasteiger partial charge >= 0.3 is 0 Å². The SMILES string of the molecule is CC1CN(c2ccc(CCN)c(Br)c2)CC(C)(C)O1. The lowest BCUT2D eigenvalue weighted by Crippen LogP contribution is -2.52. The summed E-state index contributed by atoms with van der Waals surface area (Å²) in [5.41, 5.74) is 8.04. The van der Waals surface area contributed by atoms with Crippen molar-refractivity contribution in [2.24, 2.45) is 5.73 Å². The Morgan fingerprint density at radius 1 is 1.47 bits per heavy atom. The van der Waals surface area contributed by atoms with Gasteiger partial charge in [0.1, 0.15) is 0 Å². The van der Waals surface area contributed by atoms with Crippen LogP contribution in [0.15, 0.2) is 22.7 Å². The van der Waals surface area contributed by atoms with Crippen molar-refractivity contribution in [2.45, 2.75) is 38.9 Å². The topological polar surface area (TPSA) is 38.5 Å². The quantitative estimate of drug-likeness (QED) is 0.928. The van der Waals surface area contributed by atoms with Crippen LogP contribution in [0.1, 0.15) is 26.3 Å². The van der Waals surface area contributed by atoms with E-state index >= 15 is 0 Å². The van der Waals surface area contributed by atoms with Crippen molar-refractivity contribution < 1.29 is 4.74 Å². The first kappa shape index (κ1) is 14.8. The van der Waals surface area contributed by atoms with E-state index in [9.17, 15) is 0 Å². The van der Waals surface area contributed by atoms with Crippen LogP contribution in [0.5, 0.6) is 0 Å². The van der Waals surface area contributed by atoms with E-state index in [4.69, 9.17) is 10.5 Å². The zero-order valence-corrected chi connectivity index (χ0v) is 13.5. The Hall–Kier alpha value is -0.580. The lowest BCUT2D eigenvalue weighted by atomic mass is 10.0. The van der Waals surface area contributed by atoms with Gasteiger partial charge < -0.3 is 15.4 Å². The summed E-state index contributed by atoms with van der Waals surface area (Å²) in [4.78, 5) is 2.39. The van der Waals surface area contributed by atoms with E-state index in [1.807, 2.05) is 0 Å². The average molecular weight is 327 g/mol. The molecule has 19 heavy (non-hydrogen) atoms. The van der Waals surface area contributed by atoms with Gasteiger partial charge in [-0.1, -0.05) is 22.0 Å². The Morgan fingerprint density at radius 3 is 2.79 bits per heavy atom. The molecule has 106 valence electrons. The van der Waals surface area contributed by atoms with E-state index in [1.165, 1.54) is 11.3 Å². The number of hydrogen-bond donors (Lipinski definition) is 1. The van der Waals surface area contributed by atoms with Gasteiger partial charge in [0.05, 0.1) is 11.7 Å². The fourth-order valence-electron chi connectivity index (χ4n) is 2.74. The minimum absolute atomic E-state index is 0.0971. The molecule has 1 fully saturated rings. The summed E-state index contributed by atoms with van der Waals surface area (Å²) in [6, 6.07) is 6.54. The molecule has 3 nitrogen and oxygen atoms in total. The number of anilines is 1. The van der Waals surface area contributed by atoms with E-state index < -0.39 is 0 Å². The van der Waals surface area contributed by atoms with Crippen LogP contribution in [0, 0.1) is 0 Å². The molecule has 0 saturated carbocycles. The third kappa shape index (κ3) is 3.71. The van der Waals surface area contributed by atoms with Crippen molar-refractivity contribution in [1.29, 1.82) is 0 Å². The van der Waals surface area contributed by atoms with Crippen LogP contribution in [0.3, 0.4) is 0 Å². The molecule has 1 unspecified atom stereocenters. The average Bonchev–Trinajstić information content (AvgIpc) is 2.29. The van der Waals surface area contributed by atoms with Crippen molar-refractivity contribution in [1.82, 2.24) is 0 Å². The van der Waals surface area contributed by atoms with Gasteiger partial charge in [-0.3, -0.25) is 0 Å². The van der Waals surface area contributed by atoms with Crippen molar-refractivity contribution in [3.8, 4) is 0 Å². The third-order valence-corrected chi connectivity index (χ3v) is 4.12. The summed E-state index contributed by atoms with van der Waals surface area (Å²) in [5.74, 6) is 0. The van der Waals surface area contributed by atoms with Gasteiger partial charge in [-0.15, -0.1) is 0 Å². The van der Waals surface area contributed by atoms with Crippen molar-refractivity contribution in [3.63, 3.8) is 0 Å². The second kappa shape index (κ2) is 5.81. The normalized spacial score (nSPS) is 22.6. The van der Waals surface area contributed by atoms with Crippen molar-refractivity contribution >= 4 is 21.6 Å². The second-order valence-corrected chi connectivity index (χ2v) is 6.74. The lowest BCUT2D eigenvalue weighted by Gasteiger charge is -2.43. The molecule has 4 heteroatoms. The molecule has 1 aromatic rings. The predicted octanol–water partition coefficient (Wildman–Crippen LogP) is 2.95. The maximum absolute atomic E-state index is 5.95. The number of benzene rings is 1. The van der Waals surface area contributed by atoms with Crippen LogP contribution in [0.2, 0.25) is 0 Å². The van der Waals surface area contributed by atoms with Crippen molar-refractivity contribution in [2.75, 3.05) is 24.5 Å². The number of nitrogens with zero attached hydrogens (tertiary/aromatic N) is 1. The summed E-state index contributed by atoms with van der Waals surface area (Å²) in [6.07, 6.45) is 1.16. The van der Waals surface area contributed by atoms with E-state index in [0.717, 1.165) is 24.0 Å². The molecule has 1 atom stereocenters. The maximum Gasteiger partial charge on any atom is 0.0805 e. The Bertz CT molecular complexity index is 448. The fraction of sp³-hybridized carbons (Fsp3) is 0.600. The molecule has 0 bridgehead atoms. The highest BCUT2D eigenvalue weighted by atomic mass is 79.9. The molecule has 1 aliphatic heterocycles. The molecule has 1 aliphatic rings. The zero-order chi connectivity index (χ0) is 14.0. The van der Waals surface area contributed by atoms with Gasteiger partial charge in [0.25, 0.3) is 0 Å². The molecule has 2 N–H and O–H groups in total. The summed E-state index contributed by atoms with van der Waals surface area (Å²) in [7, 11) is 0. The molecular formula is C15H23BrN2O. The van der Waals surface area contributed by atoms with E-state index in [0.29, 0.717) is 6.54 Å². The first-order chi connectivity index (χ1) is 8.91. The predicted molar refractivity (Wildman–Crippen MR) is 83.7 cm³/mol. The number of hydrogen-bond acceptors (Lipinski definition) is 3. The Kier molecular flexibility index (Phi) is 4.54. The van der Waals surface area contributed by atoms with Gasteiger partial charge in [0, 0.05) is 23.2 Å². The number of morpholine rings is 1. The molecule has 1 heterocycles. The minimum Gasteiger partial charge on any atom is -0.369 e. The van der Waals surface area contributed by atoms with Crippen LogP contribution in [0.4, 0.5) is 5.69 Å². The minimum atomic E-state index is -0.0971. The van der Waals surface area contributed by atoms with Gasteiger partial charge in [0.15, 0.2) is 0 Å². The maximum atomic E-state index is 5.95. The summed E-state index contributed by atoms with van der Waals surface area (Å²) in [5, 5.41) is 0. The second-order valence-electron chi connectivity index (χ2n) is 5.88. The Labute approximate surface area is 124 Å². The molecule has 0 amide bonds. The van der Waals surface area contributed by atoms with E-state index in [1.54, 1.807) is 0 Å². The highest BCUT2D eigenvalue weighted by Gasteiger charge is 2.31. The molecule has 0 radical (unpaired) electrons. The molecule has 1 saturated heterocycles. The number of ether oxygens (including phenoxy) is 1. The molecule has 1 aromatic carbocycles. The molecule has 0 aliphatic carbocycles. The lowest BCUT2D eigenvalue weighted by molar-refractivity contribution is -0.0749. The van der Waals surface area contributed by atoms with Gasteiger partial charge in [-0.05, 0) is 51.4 Å².